The molecule has 1 aliphatic heterocycles. The van der Waals surface area contributed by atoms with Crippen LogP contribution in [0, 0.1) is 0 Å². The molecule has 3 N–H and O–H groups in total. The van der Waals surface area contributed by atoms with Gasteiger partial charge in [-0.1, -0.05) is 17.7 Å². The molecule has 0 radical (unpaired) electrons. The molecule has 1 saturated heterocycles. The number of ether oxygens (including phenoxy) is 1. The lowest BCUT2D eigenvalue weighted by Gasteiger charge is -2.10. The summed E-state index contributed by atoms with van der Waals surface area (Å²) in [5.41, 5.74) is 8.32. The van der Waals surface area contributed by atoms with E-state index >= 15 is 0 Å². The van der Waals surface area contributed by atoms with Gasteiger partial charge in [0.2, 0.25) is 0 Å². The minimum absolute atomic E-state index is 0.0116. The zero-order valence-corrected chi connectivity index (χ0v) is 15.7. The minimum Gasteiger partial charge on any atom is -0.455 e. The number of anilines is 1. The molecule has 0 spiro atoms. The number of halogens is 2. The van der Waals surface area contributed by atoms with Crippen molar-refractivity contribution in [3.05, 3.63) is 43.8 Å². The average Bonchev–Trinajstić information content (AvgIpc) is 3.27. The van der Waals surface area contributed by atoms with E-state index in [4.69, 9.17) is 26.5 Å². The van der Waals surface area contributed by atoms with Crippen LogP contribution >= 0.6 is 38.9 Å². The molecular formula is C16H15BrClN3O2S. The van der Waals surface area contributed by atoms with Crippen molar-refractivity contribution in [3.8, 4) is 0 Å². The van der Waals surface area contributed by atoms with Gasteiger partial charge in [-0.3, -0.25) is 0 Å². The van der Waals surface area contributed by atoms with Crippen molar-refractivity contribution in [2.45, 2.75) is 18.5 Å². The molecule has 0 saturated carbocycles. The monoisotopic (exact) mass is 427 g/mol. The number of pyridine rings is 1. The molecule has 3 aromatic rings. The average molecular weight is 429 g/mol. The zero-order chi connectivity index (χ0) is 16.7. The minimum atomic E-state index is -0.0835. The Morgan fingerprint density at radius 2 is 2.33 bits per heavy atom. The summed E-state index contributed by atoms with van der Waals surface area (Å²) in [5.74, 6) is 0.779. The number of thiophene rings is 1. The van der Waals surface area contributed by atoms with Gasteiger partial charge in [0.15, 0.2) is 5.58 Å². The molecule has 24 heavy (non-hydrogen) atoms. The number of fused-ring (bicyclic) bond motifs is 1. The van der Waals surface area contributed by atoms with E-state index in [2.05, 4.69) is 37.7 Å². The van der Waals surface area contributed by atoms with Gasteiger partial charge < -0.3 is 20.2 Å². The van der Waals surface area contributed by atoms with Gasteiger partial charge in [-0.15, -0.1) is 11.3 Å². The molecule has 1 fully saturated rings. The first-order chi connectivity index (χ1) is 11.6. The third-order valence-corrected chi connectivity index (χ3v) is 5.91. The lowest BCUT2D eigenvalue weighted by molar-refractivity contribution is 0.189. The second-order valence-electron chi connectivity index (χ2n) is 5.69. The van der Waals surface area contributed by atoms with Crippen LogP contribution in [0.3, 0.4) is 0 Å². The summed E-state index contributed by atoms with van der Waals surface area (Å²) in [7, 11) is 0. The molecule has 0 bridgehead atoms. The Balaban J connectivity index is 1.73. The molecule has 1 aliphatic rings. The molecular weight excluding hydrogens is 414 g/mol. The highest BCUT2D eigenvalue weighted by molar-refractivity contribution is 9.10. The molecule has 3 aromatic heterocycles. The SMILES string of the molecule is N[C@@H]1COC[C@H]1c1oc2c(NCc3cccs3)cc(Cl)nc2c1Br. The summed E-state index contributed by atoms with van der Waals surface area (Å²) in [6.45, 7) is 1.78. The Labute approximate surface area is 156 Å². The van der Waals surface area contributed by atoms with Crippen LogP contribution in [0.5, 0.6) is 0 Å². The highest BCUT2D eigenvalue weighted by Crippen LogP contribution is 2.40. The first-order valence-corrected chi connectivity index (χ1v) is 9.56. The number of rotatable bonds is 4. The van der Waals surface area contributed by atoms with E-state index in [1.165, 1.54) is 4.88 Å². The number of furan rings is 1. The van der Waals surface area contributed by atoms with Crippen LogP contribution in [0.2, 0.25) is 5.15 Å². The van der Waals surface area contributed by atoms with Gasteiger partial charge in [0.05, 0.1) is 29.3 Å². The standard InChI is InChI=1S/C16H15BrClN3O2S/c17-13-14-16(23-15(13)9-6-22-7-10(9)19)11(4-12(18)21-14)20-5-8-2-1-3-24-8/h1-4,9-10H,5-7,19H2,(H,20,21)/t9-,10-/m1/s1. The summed E-state index contributed by atoms with van der Waals surface area (Å²) in [5, 5.41) is 5.85. The summed E-state index contributed by atoms with van der Waals surface area (Å²) < 4.78 is 12.4. The van der Waals surface area contributed by atoms with Crippen molar-refractivity contribution in [3.63, 3.8) is 0 Å². The number of nitrogens with two attached hydrogens (primary N) is 1. The van der Waals surface area contributed by atoms with Crippen LogP contribution in [-0.4, -0.2) is 24.2 Å². The molecule has 0 aromatic carbocycles. The fourth-order valence-electron chi connectivity index (χ4n) is 2.83. The van der Waals surface area contributed by atoms with Crippen LogP contribution in [0.1, 0.15) is 16.6 Å². The smallest absolute Gasteiger partial charge is 0.177 e. The Morgan fingerprint density at radius 1 is 1.46 bits per heavy atom. The van der Waals surface area contributed by atoms with Gasteiger partial charge in [-0.25, -0.2) is 4.98 Å². The van der Waals surface area contributed by atoms with E-state index in [0.29, 0.717) is 36.0 Å². The van der Waals surface area contributed by atoms with Crippen molar-refractivity contribution in [1.29, 1.82) is 0 Å². The Hall–Kier alpha value is -1.12. The summed E-state index contributed by atoms with van der Waals surface area (Å²) in [6, 6.07) is 5.80. The first-order valence-electron chi connectivity index (χ1n) is 7.51. The predicted molar refractivity (Wildman–Crippen MR) is 99.9 cm³/mol. The van der Waals surface area contributed by atoms with Crippen LogP contribution in [-0.2, 0) is 11.3 Å². The summed E-state index contributed by atoms with van der Waals surface area (Å²) in [4.78, 5) is 5.63. The van der Waals surface area contributed by atoms with Crippen LogP contribution in [0.4, 0.5) is 5.69 Å². The largest absolute Gasteiger partial charge is 0.455 e. The lowest BCUT2D eigenvalue weighted by atomic mass is 10.0. The first kappa shape index (κ1) is 16.4. The zero-order valence-electron chi connectivity index (χ0n) is 12.6. The lowest BCUT2D eigenvalue weighted by Crippen LogP contribution is -2.26. The maximum absolute atomic E-state index is 6.19. The predicted octanol–water partition coefficient (Wildman–Crippen LogP) is 4.36. The summed E-state index contributed by atoms with van der Waals surface area (Å²) >= 11 is 11.5. The third-order valence-electron chi connectivity index (χ3n) is 4.07. The third kappa shape index (κ3) is 2.95. The molecule has 4 rings (SSSR count). The number of hydrogen-bond acceptors (Lipinski definition) is 6. The maximum Gasteiger partial charge on any atom is 0.177 e. The quantitative estimate of drug-likeness (QED) is 0.604. The van der Waals surface area contributed by atoms with E-state index in [9.17, 15) is 0 Å². The van der Waals surface area contributed by atoms with E-state index < -0.39 is 0 Å². The van der Waals surface area contributed by atoms with Gasteiger partial charge >= 0.3 is 0 Å². The molecule has 0 amide bonds. The Morgan fingerprint density at radius 3 is 3.04 bits per heavy atom. The van der Waals surface area contributed by atoms with E-state index in [-0.39, 0.29) is 12.0 Å². The van der Waals surface area contributed by atoms with E-state index in [1.54, 1.807) is 17.4 Å². The van der Waals surface area contributed by atoms with Gasteiger partial charge in [-0.05, 0) is 27.4 Å². The van der Waals surface area contributed by atoms with E-state index in [0.717, 1.165) is 15.9 Å². The van der Waals surface area contributed by atoms with Crippen LogP contribution < -0.4 is 11.1 Å². The molecule has 0 aliphatic carbocycles. The van der Waals surface area contributed by atoms with Crippen molar-refractivity contribution in [1.82, 2.24) is 4.98 Å². The van der Waals surface area contributed by atoms with Crippen molar-refractivity contribution in [2.24, 2.45) is 5.73 Å². The van der Waals surface area contributed by atoms with Gasteiger partial charge in [0.1, 0.15) is 16.4 Å². The second kappa shape index (κ2) is 6.65. The fourth-order valence-corrected chi connectivity index (χ4v) is 4.31. The van der Waals surface area contributed by atoms with Crippen molar-refractivity contribution < 1.29 is 9.15 Å². The molecule has 126 valence electrons. The molecule has 0 unspecified atom stereocenters. The van der Waals surface area contributed by atoms with Crippen molar-refractivity contribution >= 4 is 55.7 Å². The number of hydrogen-bond donors (Lipinski definition) is 2. The van der Waals surface area contributed by atoms with Crippen LogP contribution in [0.25, 0.3) is 11.1 Å². The highest BCUT2D eigenvalue weighted by Gasteiger charge is 2.33. The topological polar surface area (TPSA) is 73.3 Å². The normalized spacial score (nSPS) is 20.8. The van der Waals surface area contributed by atoms with E-state index in [1.807, 2.05) is 6.07 Å². The molecule has 8 heteroatoms. The van der Waals surface area contributed by atoms with Gasteiger partial charge in [0, 0.05) is 23.5 Å². The Bertz CT molecular complexity index is 868. The Kier molecular flexibility index (Phi) is 4.53. The summed E-state index contributed by atoms with van der Waals surface area (Å²) in [6.07, 6.45) is 0. The number of aromatic nitrogens is 1. The second-order valence-corrected chi connectivity index (χ2v) is 7.90. The number of nitrogens with zero attached hydrogens (tertiary/aromatic N) is 1. The van der Waals surface area contributed by atoms with Gasteiger partial charge in [0.25, 0.3) is 0 Å². The molecule has 4 heterocycles. The number of nitrogens with one attached hydrogen (secondary N) is 1. The van der Waals surface area contributed by atoms with Crippen LogP contribution in [0.15, 0.2) is 32.5 Å². The van der Waals surface area contributed by atoms with Gasteiger partial charge in [-0.2, -0.15) is 0 Å². The fraction of sp³-hybridized carbons (Fsp3) is 0.312. The molecule has 2 atom stereocenters. The highest BCUT2D eigenvalue weighted by atomic mass is 79.9. The maximum atomic E-state index is 6.19. The van der Waals surface area contributed by atoms with Crippen molar-refractivity contribution in [2.75, 3.05) is 18.5 Å². The molecule has 5 nitrogen and oxygen atoms in total.